The predicted molar refractivity (Wildman–Crippen MR) is 84.3 cm³/mol. The van der Waals surface area contributed by atoms with Crippen molar-refractivity contribution >= 4 is 17.7 Å². The maximum Gasteiger partial charge on any atom is 0.244 e. The third-order valence-corrected chi connectivity index (χ3v) is 6.02. The molecule has 20 heavy (non-hydrogen) atoms. The van der Waals surface area contributed by atoms with E-state index in [1.807, 2.05) is 18.8 Å². The molecule has 1 aromatic rings. The van der Waals surface area contributed by atoms with E-state index in [2.05, 4.69) is 27.3 Å². The van der Waals surface area contributed by atoms with Gasteiger partial charge in [0.15, 0.2) is 0 Å². The lowest BCUT2D eigenvalue weighted by molar-refractivity contribution is 0.399. The summed E-state index contributed by atoms with van der Waals surface area (Å²) in [7, 11) is 2.03. The van der Waals surface area contributed by atoms with Gasteiger partial charge < -0.3 is 10.2 Å². The van der Waals surface area contributed by atoms with Crippen LogP contribution in [-0.2, 0) is 4.75 Å². The topological polar surface area (TPSA) is 56.8 Å². The van der Waals surface area contributed by atoms with E-state index in [4.69, 9.17) is 4.98 Å². The molecular weight excluding hydrogens is 270 g/mol. The Kier molecular flexibility index (Phi) is 4.21. The van der Waals surface area contributed by atoms with Gasteiger partial charge in [-0.2, -0.15) is 4.98 Å². The van der Waals surface area contributed by atoms with Crippen molar-refractivity contribution < 1.29 is 0 Å². The van der Waals surface area contributed by atoms with Crippen LogP contribution >= 0.6 is 11.8 Å². The number of rotatable bonds is 4. The molecule has 1 aromatic heterocycles. The van der Waals surface area contributed by atoms with Gasteiger partial charge in [-0.15, -0.1) is 16.9 Å². The van der Waals surface area contributed by atoms with Gasteiger partial charge in [0, 0.05) is 13.1 Å². The molecule has 2 saturated heterocycles. The minimum atomic E-state index is 0.144. The van der Waals surface area contributed by atoms with E-state index in [0.717, 1.165) is 31.4 Å². The van der Waals surface area contributed by atoms with Crippen molar-refractivity contribution in [2.45, 2.75) is 37.4 Å². The van der Waals surface area contributed by atoms with Gasteiger partial charge in [-0.05, 0) is 57.9 Å². The van der Waals surface area contributed by atoms with Crippen molar-refractivity contribution in [3.63, 3.8) is 0 Å². The number of anilines is 1. The summed E-state index contributed by atoms with van der Waals surface area (Å²) in [5, 5.41) is 11.0. The average molecular weight is 295 g/mol. The molecule has 0 saturated carbocycles. The number of thioether (sulfide) groups is 1. The maximum atomic E-state index is 4.80. The molecule has 0 amide bonds. The lowest BCUT2D eigenvalue weighted by atomic mass is 9.98. The molecule has 5 nitrogen and oxygen atoms in total. The van der Waals surface area contributed by atoms with Gasteiger partial charge in [0.1, 0.15) is 5.82 Å². The van der Waals surface area contributed by atoms with Crippen LogP contribution in [-0.4, -0.2) is 47.6 Å². The number of nitrogens with one attached hydrogen (secondary N) is 2. The molecular formula is C14H25N5S. The number of hydrogen-bond acceptors (Lipinski definition) is 5. The maximum absolute atomic E-state index is 4.80. The highest BCUT2D eigenvalue weighted by Crippen LogP contribution is 2.44. The fourth-order valence-corrected chi connectivity index (χ4v) is 4.55. The molecule has 2 N–H and O–H groups in total. The average Bonchev–Trinajstić information content (AvgIpc) is 3.09. The summed E-state index contributed by atoms with van der Waals surface area (Å²) in [4.78, 5) is 7.14. The highest BCUT2D eigenvalue weighted by molar-refractivity contribution is 8.00. The zero-order valence-electron chi connectivity index (χ0n) is 12.5. The number of aromatic amines is 1. The fourth-order valence-electron chi connectivity index (χ4n) is 3.30. The van der Waals surface area contributed by atoms with E-state index in [0.29, 0.717) is 5.92 Å². The van der Waals surface area contributed by atoms with Gasteiger partial charge in [-0.3, -0.25) is 5.10 Å². The summed E-state index contributed by atoms with van der Waals surface area (Å²) in [6.07, 6.45) is 5.03. The SMILES string of the molecule is CNCC1CCCN(c2n[nH]c(C3(C)CCCS3)n2)C1. The Bertz CT molecular complexity index is 439. The van der Waals surface area contributed by atoms with Gasteiger partial charge in [0.25, 0.3) is 0 Å². The van der Waals surface area contributed by atoms with E-state index < -0.39 is 0 Å². The van der Waals surface area contributed by atoms with Crippen LogP contribution in [0.4, 0.5) is 5.95 Å². The number of aromatic nitrogens is 3. The van der Waals surface area contributed by atoms with E-state index in [-0.39, 0.29) is 4.75 Å². The number of nitrogens with zero attached hydrogens (tertiary/aromatic N) is 3. The Hall–Kier alpha value is -0.750. The first kappa shape index (κ1) is 14.2. The normalized spacial score (nSPS) is 30.9. The van der Waals surface area contributed by atoms with Crippen LogP contribution in [0.25, 0.3) is 0 Å². The molecule has 0 bridgehead atoms. The van der Waals surface area contributed by atoms with Gasteiger partial charge in [0.2, 0.25) is 5.95 Å². The fraction of sp³-hybridized carbons (Fsp3) is 0.857. The van der Waals surface area contributed by atoms with Crippen LogP contribution in [0.15, 0.2) is 0 Å². The Morgan fingerprint density at radius 3 is 3.15 bits per heavy atom. The summed E-state index contributed by atoms with van der Waals surface area (Å²) >= 11 is 2.00. The molecule has 3 heterocycles. The zero-order valence-corrected chi connectivity index (χ0v) is 13.3. The Labute approximate surface area is 125 Å². The first-order chi connectivity index (χ1) is 9.71. The Balaban J connectivity index is 1.70. The predicted octanol–water partition coefficient (Wildman–Crippen LogP) is 1.98. The molecule has 2 aliphatic heterocycles. The second-order valence-electron chi connectivity index (χ2n) is 6.18. The third-order valence-electron chi connectivity index (χ3n) is 4.49. The summed E-state index contributed by atoms with van der Waals surface area (Å²) in [5.74, 6) is 3.91. The smallest absolute Gasteiger partial charge is 0.244 e. The molecule has 0 spiro atoms. The minimum absolute atomic E-state index is 0.144. The second-order valence-corrected chi connectivity index (χ2v) is 7.78. The molecule has 0 aromatic carbocycles. The van der Waals surface area contributed by atoms with Crippen molar-refractivity contribution in [2.75, 3.05) is 37.3 Å². The van der Waals surface area contributed by atoms with Crippen molar-refractivity contribution in [1.29, 1.82) is 0 Å². The van der Waals surface area contributed by atoms with E-state index in [1.54, 1.807) is 0 Å². The lowest BCUT2D eigenvalue weighted by Gasteiger charge is -2.31. The Morgan fingerprint density at radius 1 is 1.50 bits per heavy atom. The molecule has 2 unspecified atom stereocenters. The standard InChI is InChI=1S/C14H25N5S/c1-14(6-4-8-20-14)12-16-13(18-17-12)19-7-3-5-11(10-19)9-15-2/h11,15H,3-10H2,1-2H3,(H,16,17,18). The summed E-state index contributed by atoms with van der Waals surface area (Å²) in [6, 6.07) is 0. The van der Waals surface area contributed by atoms with Gasteiger partial charge in [0.05, 0.1) is 4.75 Å². The van der Waals surface area contributed by atoms with Crippen molar-refractivity contribution in [3.8, 4) is 0 Å². The molecule has 0 aliphatic carbocycles. The third kappa shape index (κ3) is 2.81. The van der Waals surface area contributed by atoms with Crippen LogP contribution in [0, 0.1) is 5.92 Å². The Morgan fingerprint density at radius 2 is 2.40 bits per heavy atom. The quantitative estimate of drug-likeness (QED) is 0.889. The van der Waals surface area contributed by atoms with E-state index >= 15 is 0 Å². The highest BCUT2D eigenvalue weighted by Gasteiger charge is 2.35. The first-order valence-electron chi connectivity index (χ1n) is 7.68. The summed E-state index contributed by atoms with van der Waals surface area (Å²) in [5.41, 5.74) is 0. The van der Waals surface area contributed by atoms with Gasteiger partial charge >= 0.3 is 0 Å². The van der Waals surface area contributed by atoms with E-state index in [1.165, 1.54) is 31.4 Å². The van der Waals surface area contributed by atoms with Crippen LogP contribution in [0.1, 0.15) is 38.4 Å². The molecule has 6 heteroatoms. The second kappa shape index (κ2) is 5.93. The van der Waals surface area contributed by atoms with Crippen molar-refractivity contribution in [3.05, 3.63) is 5.82 Å². The summed E-state index contributed by atoms with van der Waals surface area (Å²) in [6.45, 7) is 5.53. The summed E-state index contributed by atoms with van der Waals surface area (Å²) < 4.78 is 0.144. The zero-order chi connectivity index (χ0) is 14.0. The number of hydrogen-bond donors (Lipinski definition) is 2. The van der Waals surface area contributed by atoms with Crippen LogP contribution in [0.3, 0.4) is 0 Å². The molecule has 2 aliphatic rings. The van der Waals surface area contributed by atoms with Crippen LogP contribution < -0.4 is 10.2 Å². The number of H-pyrrole nitrogens is 1. The van der Waals surface area contributed by atoms with Crippen molar-refractivity contribution in [2.24, 2.45) is 5.92 Å². The number of piperidine rings is 1. The monoisotopic (exact) mass is 295 g/mol. The van der Waals surface area contributed by atoms with Gasteiger partial charge in [-0.1, -0.05) is 0 Å². The van der Waals surface area contributed by atoms with Crippen LogP contribution in [0.2, 0.25) is 0 Å². The molecule has 2 atom stereocenters. The van der Waals surface area contributed by atoms with Crippen LogP contribution in [0.5, 0.6) is 0 Å². The molecule has 2 fully saturated rings. The minimum Gasteiger partial charge on any atom is -0.339 e. The first-order valence-corrected chi connectivity index (χ1v) is 8.66. The lowest BCUT2D eigenvalue weighted by Crippen LogP contribution is -2.39. The van der Waals surface area contributed by atoms with E-state index in [9.17, 15) is 0 Å². The highest BCUT2D eigenvalue weighted by atomic mass is 32.2. The van der Waals surface area contributed by atoms with Crippen molar-refractivity contribution in [1.82, 2.24) is 20.5 Å². The van der Waals surface area contributed by atoms with Gasteiger partial charge in [-0.25, -0.2) is 0 Å². The largest absolute Gasteiger partial charge is 0.339 e. The molecule has 0 radical (unpaired) electrons. The molecule has 3 rings (SSSR count). The molecule has 112 valence electrons.